The number of aryl methyl sites for hydroxylation is 1. The topological polar surface area (TPSA) is 71.1 Å². The van der Waals surface area contributed by atoms with E-state index in [4.69, 9.17) is 4.74 Å². The van der Waals surface area contributed by atoms with Gasteiger partial charge in [0.1, 0.15) is 5.75 Å². The van der Waals surface area contributed by atoms with Crippen LogP contribution in [0.25, 0.3) is 0 Å². The summed E-state index contributed by atoms with van der Waals surface area (Å²) < 4.78 is 5.26. The Balaban J connectivity index is 1.67. The number of H-pyrrole nitrogens is 1. The second-order valence-corrected chi connectivity index (χ2v) is 7.09. The molecule has 0 saturated carbocycles. The zero-order chi connectivity index (χ0) is 19.5. The molecule has 0 spiro atoms. The Hall–Kier alpha value is -3.15. The lowest BCUT2D eigenvalue weighted by atomic mass is 10.0. The lowest BCUT2D eigenvalue weighted by Gasteiger charge is -2.29. The van der Waals surface area contributed by atoms with Crippen LogP contribution in [-0.2, 0) is 19.4 Å². The molecule has 1 aliphatic carbocycles. The third kappa shape index (κ3) is 3.50. The van der Waals surface area contributed by atoms with Crippen molar-refractivity contribution in [3.8, 4) is 5.75 Å². The molecule has 0 radical (unpaired) electrons. The Morgan fingerprint density at radius 1 is 1.21 bits per heavy atom. The minimum atomic E-state index is -0.130. The number of aromatic amines is 1. The molecule has 144 valence electrons. The van der Waals surface area contributed by atoms with Crippen LogP contribution >= 0.6 is 0 Å². The third-order valence-corrected chi connectivity index (χ3v) is 5.39. The van der Waals surface area contributed by atoms with Gasteiger partial charge in [0.05, 0.1) is 25.4 Å². The standard InChI is InChI=1S/C22H24N4O2/c1-15(16-9-11-18(28-2)12-10-16)26(14-17-6-3-4-13-23-17)22(27)21-19-7-5-8-20(19)24-25-21/h3-4,6,9-13,15H,5,7-8,14H2,1-2H3,(H,24,25). The Morgan fingerprint density at radius 3 is 2.75 bits per heavy atom. The summed E-state index contributed by atoms with van der Waals surface area (Å²) >= 11 is 0. The minimum Gasteiger partial charge on any atom is -0.497 e. The third-order valence-electron chi connectivity index (χ3n) is 5.39. The Morgan fingerprint density at radius 2 is 2.04 bits per heavy atom. The van der Waals surface area contributed by atoms with E-state index in [0.29, 0.717) is 12.2 Å². The van der Waals surface area contributed by atoms with Crippen molar-refractivity contribution >= 4 is 5.91 Å². The first-order valence-electron chi connectivity index (χ1n) is 9.58. The molecule has 1 N–H and O–H groups in total. The molecule has 1 unspecified atom stereocenters. The predicted octanol–water partition coefficient (Wildman–Crippen LogP) is 3.71. The monoisotopic (exact) mass is 376 g/mol. The first kappa shape index (κ1) is 18.2. The number of nitrogens with one attached hydrogen (secondary N) is 1. The van der Waals surface area contributed by atoms with Gasteiger partial charge < -0.3 is 9.64 Å². The van der Waals surface area contributed by atoms with Crippen LogP contribution in [-0.4, -0.2) is 33.1 Å². The first-order chi connectivity index (χ1) is 13.7. The largest absolute Gasteiger partial charge is 0.497 e. The number of ether oxygens (including phenoxy) is 1. The number of hydrogen-bond donors (Lipinski definition) is 1. The highest BCUT2D eigenvalue weighted by molar-refractivity contribution is 5.94. The molecular formula is C22H24N4O2. The van der Waals surface area contributed by atoms with Crippen LogP contribution in [0.3, 0.4) is 0 Å². The van der Waals surface area contributed by atoms with Crippen LogP contribution in [0, 0.1) is 0 Å². The predicted molar refractivity (Wildman–Crippen MR) is 106 cm³/mol. The normalized spacial score (nSPS) is 13.8. The average molecular weight is 376 g/mol. The van der Waals surface area contributed by atoms with E-state index in [1.165, 1.54) is 0 Å². The SMILES string of the molecule is COc1ccc(C(C)N(Cc2ccccn2)C(=O)c2n[nH]c3c2CCC3)cc1. The van der Waals surface area contributed by atoms with E-state index in [1.54, 1.807) is 13.3 Å². The molecule has 6 nitrogen and oxygen atoms in total. The van der Waals surface area contributed by atoms with E-state index in [-0.39, 0.29) is 11.9 Å². The van der Waals surface area contributed by atoms with Crippen molar-refractivity contribution in [2.24, 2.45) is 0 Å². The van der Waals surface area contributed by atoms with Gasteiger partial charge in [-0.05, 0) is 56.0 Å². The fourth-order valence-corrected chi connectivity index (χ4v) is 3.75. The highest BCUT2D eigenvalue weighted by Crippen LogP contribution is 2.29. The second kappa shape index (κ2) is 7.84. The minimum absolute atomic E-state index is 0.0617. The maximum absolute atomic E-state index is 13.5. The molecule has 28 heavy (non-hydrogen) atoms. The van der Waals surface area contributed by atoms with E-state index < -0.39 is 0 Å². The van der Waals surface area contributed by atoms with E-state index in [9.17, 15) is 4.79 Å². The number of aromatic nitrogens is 3. The molecule has 0 fully saturated rings. The fourth-order valence-electron chi connectivity index (χ4n) is 3.75. The number of methoxy groups -OCH3 is 1. The van der Waals surface area contributed by atoms with Crippen LogP contribution in [0.1, 0.15) is 52.4 Å². The molecule has 1 amide bonds. The Bertz CT molecular complexity index is 950. The summed E-state index contributed by atoms with van der Waals surface area (Å²) in [5.41, 5.74) is 4.60. The summed E-state index contributed by atoms with van der Waals surface area (Å²) in [6, 6.07) is 13.5. The van der Waals surface area contributed by atoms with Crippen LogP contribution in [0.5, 0.6) is 5.75 Å². The van der Waals surface area contributed by atoms with E-state index >= 15 is 0 Å². The number of fused-ring (bicyclic) bond motifs is 1. The van der Waals surface area contributed by atoms with Gasteiger partial charge in [-0.2, -0.15) is 5.10 Å². The van der Waals surface area contributed by atoms with Gasteiger partial charge in [0.25, 0.3) is 5.91 Å². The van der Waals surface area contributed by atoms with Crippen molar-refractivity contribution < 1.29 is 9.53 Å². The maximum atomic E-state index is 13.5. The van der Waals surface area contributed by atoms with E-state index in [1.807, 2.05) is 54.3 Å². The highest BCUT2D eigenvalue weighted by Gasteiger charge is 2.30. The number of rotatable bonds is 6. The smallest absolute Gasteiger partial charge is 0.275 e. The van der Waals surface area contributed by atoms with Crippen molar-refractivity contribution in [2.45, 2.75) is 38.8 Å². The van der Waals surface area contributed by atoms with Crippen molar-refractivity contribution in [3.05, 3.63) is 76.9 Å². The van der Waals surface area contributed by atoms with Gasteiger partial charge >= 0.3 is 0 Å². The lowest BCUT2D eigenvalue weighted by molar-refractivity contribution is 0.0664. The van der Waals surface area contributed by atoms with E-state index in [0.717, 1.165) is 47.5 Å². The van der Waals surface area contributed by atoms with Gasteiger partial charge in [0, 0.05) is 17.5 Å². The first-order valence-corrected chi connectivity index (χ1v) is 9.58. The average Bonchev–Trinajstić information content (AvgIpc) is 3.36. The molecule has 1 aromatic carbocycles. The highest BCUT2D eigenvalue weighted by atomic mass is 16.5. The Kier molecular flexibility index (Phi) is 5.10. The number of hydrogen-bond acceptors (Lipinski definition) is 4. The van der Waals surface area contributed by atoms with Crippen LogP contribution in [0.4, 0.5) is 0 Å². The van der Waals surface area contributed by atoms with Gasteiger partial charge in [-0.15, -0.1) is 0 Å². The second-order valence-electron chi connectivity index (χ2n) is 7.09. The molecule has 2 aromatic heterocycles. The van der Waals surface area contributed by atoms with Crippen molar-refractivity contribution in [1.82, 2.24) is 20.1 Å². The molecule has 0 aliphatic heterocycles. The Labute approximate surface area is 164 Å². The summed E-state index contributed by atoms with van der Waals surface area (Å²) in [7, 11) is 1.65. The van der Waals surface area contributed by atoms with Gasteiger partial charge in [0.2, 0.25) is 0 Å². The van der Waals surface area contributed by atoms with Crippen molar-refractivity contribution in [3.63, 3.8) is 0 Å². The summed E-state index contributed by atoms with van der Waals surface area (Å²) in [6.45, 7) is 2.46. The zero-order valence-corrected chi connectivity index (χ0v) is 16.2. The molecule has 1 atom stereocenters. The van der Waals surface area contributed by atoms with Crippen LogP contribution < -0.4 is 4.74 Å². The summed E-state index contributed by atoms with van der Waals surface area (Å²) in [6.07, 6.45) is 4.69. The van der Waals surface area contributed by atoms with Crippen LogP contribution in [0.2, 0.25) is 0 Å². The molecule has 2 heterocycles. The van der Waals surface area contributed by atoms with Crippen LogP contribution in [0.15, 0.2) is 48.7 Å². The zero-order valence-electron chi connectivity index (χ0n) is 16.2. The number of carbonyl (C=O) groups excluding carboxylic acids is 1. The quantitative estimate of drug-likeness (QED) is 0.712. The van der Waals surface area contributed by atoms with Crippen molar-refractivity contribution in [2.75, 3.05) is 7.11 Å². The molecule has 4 rings (SSSR count). The summed E-state index contributed by atoms with van der Waals surface area (Å²) in [4.78, 5) is 19.8. The molecule has 1 aliphatic rings. The van der Waals surface area contributed by atoms with E-state index in [2.05, 4.69) is 15.2 Å². The summed E-state index contributed by atoms with van der Waals surface area (Å²) in [5.74, 6) is 0.733. The number of pyridine rings is 1. The van der Waals surface area contributed by atoms with Gasteiger partial charge in [-0.1, -0.05) is 18.2 Å². The van der Waals surface area contributed by atoms with Gasteiger partial charge in [-0.3, -0.25) is 14.9 Å². The summed E-state index contributed by atoms with van der Waals surface area (Å²) in [5, 5.41) is 7.40. The molecular weight excluding hydrogens is 352 g/mol. The molecule has 3 aromatic rings. The molecule has 0 saturated heterocycles. The number of nitrogens with zero attached hydrogens (tertiary/aromatic N) is 3. The number of amides is 1. The van der Waals surface area contributed by atoms with Gasteiger partial charge in [0.15, 0.2) is 5.69 Å². The molecule has 6 heteroatoms. The van der Waals surface area contributed by atoms with Gasteiger partial charge in [-0.25, -0.2) is 0 Å². The number of benzene rings is 1. The molecule has 0 bridgehead atoms. The fraction of sp³-hybridized carbons (Fsp3) is 0.318. The van der Waals surface area contributed by atoms with Crippen molar-refractivity contribution in [1.29, 1.82) is 0 Å². The lowest BCUT2D eigenvalue weighted by Crippen LogP contribution is -2.34. The maximum Gasteiger partial charge on any atom is 0.275 e. The number of carbonyl (C=O) groups is 1.